The average molecular weight is 402 g/mol. The summed E-state index contributed by atoms with van der Waals surface area (Å²) in [5.41, 5.74) is 4.57. The molecule has 0 atom stereocenters. The van der Waals surface area contributed by atoms with Gasteiger partial charge in [0.1, 0.15) is 0 Å². The molecular formula is C24H26N4O2. The summed E-state index contributed by atoms with van der Waals surface area (Å²) >= 11 is 0. The Labute approximate surface area is 177 Å². The normalized spacial score (nSPS) is 10.4. The molecule has 3 rings (SSSR count). The number of hydrogen-bond donors (Lipinski definition) is 1. The van der Waals surface area contributed by atoms with E-state index in [1.165, 1.54) is 11.1 Å². The molecule has 0 bridgehead atoms. The maximum atomic E-state index is 12.9. The van der Waals surface area contributed by atoms with E-state index in [2.05, 4.69) is 47.1 Å². The molecule has 1 N–H and O–H groups in total. The fraction of sp³-hybridized carbons (Fsp3) is 0.250. The van der Waals surface area contributed by atoms with Crippen molar-refractivity contribution >= 4 is 11.7 Å². The Morgan fingerprint density at radius 3 is 2.70 bits per heavy atom. The highest BCUT2D eigenvalue weighted by Crippen LogP contribution is 2.14. The molecule has 0 saturated carbocycles. The van der Waals surface area contributed by atoms with E-state index < -0.39 is 0 Å². The number of nitrogens with one attached hydrogen (secondary N) is 1. The van der Waals surface area contributed by atoms with Gasteiger partial charge in [-0.05, 0) is 42.8 Å². The van der Waals surface area contributed by atoms with Crippen molar-refractivity contribution in [3.05, 3.63) is 89.2 Å². The molecule has 1 heterocycles. The summed E-state index contributed by atoms with van der Waals surface area (Å²) in [5, 5.41) is 12.0. The molecule has 0 aliphatic carbocycles. The number of anilines is 1. The maximum Gasteiger partial charge on any atom is 0.322 e. The summed E-state index contributed by atoms with van der Waals surface area (Å²) < 4.78 is 7.34. The van der Waals surface area contributed by atoms with Crippen LogP contribution in [0.1, 0.15) is 22.4 Å². The Kier molecular flexibility index (Phi) is 7.25. The highest BCUT2D eigenvalue weighted by molar-refractivity contribution is 5.89. The molecule has 0 radical (unpaired) electrons. The van der Waals surface area contributed by atoms with E-state index in [4.69, 9.17) is 10.00 Å². The van der Waals surface area contributed by atoms with E-state index in [9.17, 15) is 4.79 Å². The Balaban J connectivity index is 1.73. The van der Waals surface area contributed by atoms with Crippen LogP contribution in [-0.2, 0) is 17.8 Å². The number of methoxy groups -OCH3 is 1. The Hall–Kier alpha value is -3.56. The number of nitrogens with zero attached hydrogens (tertiary/aromatic N) is 3. The van der Waals surface area contributed by atoms with Gasteiger partial charge in [0.15, 0.2) is 0 Å². The number of urea groups is 1. The van der Waals surface area contributed by atoms with Gasteiger partial charge in [-0.25, -0.2) is 4.79 Å². The molecule has 3 aromatic rings. The van der Waals surface area contributed by atoms with Crippen LogP contribution in [0, 0.1) is 18.3 Å². The van der Waals surface area contributed by atoms with Crippen molar-refractivity contribution in [2.24, 2.45) is 0 Å². The minimum atomic E-state index is -0.231. The van der Waals surface area contributed by atoms with E-state index in [-0.39, 0.29) is 6.03 Å². The van der Waals surface area contributed by atoms with Gasteiger partial charge >= 0.3 is 6.03 Å². The second-order valence-electron chi connectivity index (χ2n) is 7.15. The second-order valence-corrected chi connectivity index (χ2v) is 7.15. The van der Waals surface area contributed by atoms with Crippen molar-refractivity contribution in [2.75, 3.05) is 25.6 Å². The fourth-order valence-electron chi connectivity index (χ4n) is 3.16. The standard InChI is InChI=1S/C24H26N4O2/c1-19-8-10-20(11-9-19)17-27-12-4-7-23(27)18-28(13-14-30-2)24(29)26-22-6-3-5-21(15-22)16-25/h3-12,15H,13-14,17-18H2,1-2H3,(H,26,29). The molecule has 0 saturated heterocycles. The van der Waals surface area contributed by atoms with Gasteiger partial charge in [0, 0.05) is 37.8 Å². The Bertz CT molecular complexity index is 1020. The predicted octanol–water partition coefficient (Wildman–Crippen LogP) is 4.40. The first kappa shape index (κ1) is 21.2. The monoisotopic (exact) mass is 402 g/mol. The lowest BCUT2D eigenvalue weighted by Crippen LogP contribution is -2.37. The minimum Gasteiger partial charge on any atom is -0.383 e. The molecule has 0 unspecified atom stereocenters. The lowest BCUT2D eigenvalue weighted by molar-refractivity contribution is 0.152. The van der Waals surface area contributed by atoms with Crippen LogP contribution in [0.4, 0.5) is 10.5 Å². The molecule has 154 valence electrons. The SMILES string of the molecule is COCCN(Cc1cccn1Cc1ccc(C)cc1)C(=O)Nc1cccc(C#N)c1. The summed E-state index contributed by atoms with van der Waals surface area (Å²) in [7, 11) is 1.62. The number of aryl methyl sites for hydroxylation is 1. The lowest BCUT2D eigenvalue weighted by Gasteiger charge is -2.24. The molecule has 2 amide bonds. The Morgan fingerprint density at radius 2 is 1.97 bits per heavy atom. The zero-order chi connectivity index (χ0) is 21.3. The third-order valence-electron chi connectivity index (χ3n) is 4.85. The van der Waals surface area contributed by atoms with Crippen LogP contribution in [0.5, 0.6) is 0 Å². The van der Waals surface area contributed by atoms with Crippen LogP contribution in [0.3, 0.4) is 0 Å². The molecule has 6 nitrogen and oxygen atoms in total. The summed E-state index contributed by atoms with van der Waals surface area (Å²) in [6.07, 6.45) is 2.03. The van der Waals surface area contributed by atoms with Crippen LogP contribution in [0.25, 0.3) is 0 Å². The number of rotatable bonds is 8. The number of aromatic nitrogens is 1. The topological polar surface area (TPSA) is 70.3 Å². The molecule has 0 spiro atoms. The molecule has 0 aliphatic heterocycles. The minimum absolute atomic E-state index is 0.231. The fourth-order valence-corrected chi connectivity index (χ4v) is 3.16. The summed E-state index contributed by atoms with van der Waals surface area (Å²) in [5.74, 6) is 0. The first-order chi connectivity index (χ1) is 14.6. The second kappa shape index (κ2) is 10.3. The molecule has 6 heteroatoms. The van der Waals surface area contributed by atoms with Crippen molar-refractivity contribution in [3.8, 4) is 6.07 Å². The third-order valence-corrected chi connectivity index (χ3v) is 4.85. The molecule has 30 heavy (non-hydrogen) atoms. The average Bonchev–Trinajstić information content (AvgIpc) is 3.19. The number of carbonyl (C=O) groups excluding carboxylic acids is 1. The van der Waals surface area contributed by atoms with E-state index in [0.717, 1.165) is 12.2 Å². The van der Waals surface area contributed by atoms with Crippen LogP contribution < -0.4 is 5.32 Å². The van der Waals surface area contributed by atoms with Gasteiger partial charge < -0.3 is 19.5 Å². The Morgan fingerprint density at radius 1 is 1.17 bits per heavy atom. The lowest BCUT2D eigenvalue weighted by atomic mass is 10.1. The smallest absolute Gasteiger partial charge is 0.322 e. The summed E-state index contributed by atoms with van der Waals surface area (Å²) in [6.45, 7) is 4.16. The van der Waals surface area contributed by atoms with Crippen LogP contribution in [0.15, 0.2) is 66.9 Å². The number of benzene rings is 2. The zero-order valence-electron chi connectivity index (χ0n) is 17.3. The number of ether oxygens (including phenoxy) is 1. The van der Waals surface area contributed by atoms with Gasteiger partial charge in [0.2, 0.25) is 0 Å². The van der Waals surface area contributed by atoms with Gasteiger partial charge in [-0.2, -0.15) is 5.26 Å². The van der Waals surface area contributed by atoms with E-state index in [1.807, 2.05) is 18.3 Å². The van der Waals surface area contributed by atoms with Gasteiger partial charge in [-0.3, -0.25) is 0 Å². The summed E-state index contributed by atoms with van der Waals surface area (Å²) in [4.78, 5) is 14.6. The largest absolute Gasteiger partial charge is 0.383 e. The molecular weight excluding hydrogens is 376 g/mol. The molecule has 0 aliphatic rings. The highest BCUT2D eigenvalue weighted by atomic mass is 16.5. The van der Waals surface area contributed by atoms with Crippen molar-refractivity contribution in [3.63, 3.8) is 0 Å². The zero-order valence-corrected chi connectivity index (χ0v) is 17.3. The van der Waals surface area contributed by atoms with Crippen molar-refractivity contribution in [2.45, 2.75) is 20.0 Å². The first-order valence-corrected chi connectivity index (χ1v) is 9.83. The third kappa shape index (κ3) is 5.72. The molecule has 0 fully saturated rings. The van der Waals surface area contributed by atoms with E-state index in [0.29, 0.717) is 30.9 Å². The van der Waals surface area contributed by atoms with Gasteiger partial charge in [0.05, 0.1) is 24.8 Å². The van der Waals surface area contributed by atoms with Crippen molar-refractivity contribution < 1.29 is 9.53 Å². The summed E-state index contributed by atoms with van der Waals surface area (Å²) in [6, 6.07) is 21.2. The van der Waals surface area contributed by atoms with Gasteiger partial charge in [0.25, 0.3) is 0 Å². The number of carbonyl (C=O) groups is 1. The van der Waals surface area contributed by atoms with E-state index >= 15 is 0 Å². The predicted molar refractivity (Wildman–Crippen MR) is 117 cm³/mol. The van der Waals surface area contributed by atoms with E-state index in [1.54, 1.807) is 36.3 Å². The quantitative estimate of drug-likeness (QED) is 0.607. The van der Waals surface area contributed by atoms with Crippen LogP contribution in [-0.4, -0.2) is 35.8 Å². The van der Waals surface area contributed by atoms with Gasteiger partial charge in [-0.1, -0.05) is 35.9 Å². The molecule has 2 aromatic carbocycles. The van der Waals surface area contributed by atoms with Crippen LogP contribution in [0.2, 0.25) is 0 Å². The van der Waals surface area contributed by atoms with Crippen molar-refractivity contribution in [1.82, 2.24) is 9.47 Å². The van der Waals surface area contributed by atoms with Crippen molar-refractivity contribution in [1.29, 1.82) is 5.26 Å². The number of nitriles is 1. The number of amides is 2. The highest BCUT2D eigenvalue weighted by Gasteiger charge is 2.16. The van der Waals surface area contributed by atoms with Gasteiger partial charge in [-0.15, -0.1) is 0 Å². The first-order valence-electron chi connectivity index (χ1n) is 9.83. The van der Waals surface area contributed by atoms with Crippen LogP contribution >= 0.6 is 0 Å². The number of hydrogen-bond acceptors (Lipinski definition) is 3. The maximum absolute atomic E-state index is 12.9. The molecule has 1 aromatic heterocycles.